The molecule has 104 valence electrons. The molecule has 1 amide bonds. The number of rotatable bonds is 3. The largest absolute Gasteiger partial charge is 0.349 e. The molecule has 2 rings (SSSR count). The highest BCUT2D eigenvalue weighted by Crippen LogP contribution is 2.23. The summed E-state index contributed by atoms with van der Waals surface area (Å²) >= 11 is 6.82. The zero-order valence-corrected chi connectivity index (χ0v) is 14.1. The molecule has 1 fully saturated rings. The third-order valence-electron chi connectivity index (χ3n) is 3.65. The first-order chi connectivity index (χ1) is 9.10. The Kier molecular flexibility index (Phi) is 5.42. The van der Waals surface area contributed by atoms with Gasteiger partial charge in [0.2, 0.25) is 0 Å². The van der Waals surface area contributed by atoms with E-state index in [1.165, 1.54) is 0 Å². The molecule has 0 atom stereocenters. The molecule has 1 aliphatic rings. The van der Waals surface area contributed by atoms with Crippen LogP contribution in [0.15, 0.2) is 27.1 Å². The smallest absolute Gasteiger partial charge is 0.252 e. The summed E-state index contributed by atoms with van der Waals surface area (Å²) in [6.45, 7) is 0. The molecule has 1 aromatic rings. The van der Waals surface area contributed by atoms with Crippen LogP contribution < -0.4 is 10.6 Å². The molecule has 0 aliphatic heterocycles. The second-order valence-electron chi connectivity index (χ2n) is 4.93. The standard InChI is InChI=1S/C14H18Br2N2O/c1-17-10-3-5-11(6-4-10)18-14(19)12-7-2-9(15)8-13(12)16/h2,7-8,10-11,17H,3-6H2,1H3,(H,18,19). The molecular weight excluding hydrogens is 372 g/mol. The highest BCUT2D eigenvalue weighted by atomic mass is 79.9. The van der Waals surface area contributed by atoms with Gasteiger partial charge in [-0.3, -0.25) is 4.79 Å². The maximum atomic E-state index is 12.2. The second kappa shape index (κ2) is 6.86. The van der Waals surface area contributed by atoms with Crippen molar-refractivity contribution in [2.45, 2.75) is 37.8 Å². The SMILES string of the molecule is CNC1CCC(NC(=O)c2ccc(Br)cc2Br)CC1. The van der Waals surface area contributed by atoms with Crippen LogP contribution in [0.4, 0.5) is 0 Å². The molecule has 0 bridgehead atoms. The fourth-order valence-corrected chi connectivity index (χ4v) is 3.69. The number of nitrogens with one attached hydrogen (secondary N) is 2. The van der Waals surface area contributed by atoms with Gasteiger partial charge >= 0.3 is 0 Å². The molecular formula is C14H18Br2N2O. The predicted octanol–water partition coefficient (Wildman–Crippen LogP) is 3.47. The predicted molar refractivity (Wildman–Crippen MR) is 84.4 cm³/mol. The summed E-state index contributed by atoms with van der Waals surface area (Å²) in [5.41, 5.74) is 0.693. The lowest BCUT2D eigenvalue weighted by atomic mass is 9.91. The summed E-state index contributed by atoms with van der Waals surface area (Å²) in [7, 11) is 2.00. The number of carbonyl (C=O) groups excluding carboxylic acids is 1. The van der Waals surface area contributed by atoms with Crippen LogP contribution in [0.3, 0.4) is 0 Å². The van der Waals surface area contributed by atoms with Crippen molar-refractivity contribution in [3.8, 4) is 0 Å². The Balaban J connectivity index is 1.94. The van der Waals surface area contributed by atoms with Gasteiger partial charge in [-0.15, -0.1) is 0 Å². The Labute approximate surface area is 130 Å². The number of carbonyl (C=O) groups is 1. The van der Waals surface area contributed by atoms with Crippen LogP contribution in [0, 0.1) is 0 Å². The van der Waals surface area contributed by atoms with Gasteiger partial charge in [-0.2, -0.15) is 0 Å². The van der Waals surface area contributed by atoms with Gasteiger partial charge in [0.15, 0.2) is 0 Å². The first-order valence-corrected chi connectivity index (χ1v) is 8.12. The van der Waals surface area contributed by atoms with Crippen LogP contribution >= 0.6 is 31.9 Å². The number of hydrogen-bond donors (Lipinski definition) is 2. The fraction of sp³-hybridized carbons (Fsp3) is 0.500. The highest BCUT2D eigenvalue weighted by molar-refractivity contribution is 9.11. The summed E-state index contributed by atoms with van der Waals surface area (Å²) in [5, 5.41) is 6.43. The number of hydrogen-bond acceptors (Lipinski definition) is 2. The van der Waals surface area contributed by atoms with E-state index in [9.17, 15) is 4.79 Å². The molecule has 0 radical (unpaired) electrons. The van der Waals surface area contributed by atoms with Crippen LogP contribution in [0.25, 0.3) is 0 Å². The van der Waals surface area contributed by atoms with Crippen LogP contribution in [0.1, 0.15) is 36.0 Å². The van der Waals surface area contributed by atoms with E-state index in [0.717, 1.165) is 34.6 Å². The van der Waals surface area contributed by atoms with Gasteiger partial charge in [-0.1, -0.05) is 15.9 Å². The Morgan fingerprint density at radius 1 is 1.16 bits per heavy atom. The van der Waals surface area contributed by atoms with Crippen molar-refractivity contribution in [3.63, 3.8) is 0 Å². The molecule has 0 saturated heterocycles. The van der Waals surface area contributed by atoms with Gasteiger partial charge in [0, 0.05) is 21.0 Å². The molecule has 1 aromatic carbocycles. The average Bonchev–Trinajstić information content (AvgIpc) is 2.39. The normalized spacial score (nSPS) is 23.1. The highest BCUT2D eigenvalue weighted by Gasteiger charge is 2.22. The average molecular weight is 390 g/mol. The summed E-state index contributed by atoms with van der Waals surface area (Å²) in [5.74, 6) is 0.00674. The van der Waals surface area contributed by atoms with Crippen molar-refractivity contribution in [2.24, 2.45) is 0 Å². The minimum Gasteiger partial charge on any atom is -0.349 e. The van der Waals surface area contributed by atoms with Crippen LogP contribution in [0.5, 0.6) is 0 Å². The summed E-state index contributed by atoms with van der Waals surface area (Å²) < 4.78 is 1.79. The third-order valence-corrected chi connectivity index (χ3v) is 4.80. The Morgan fingerprint density at radius 2 is 1.79 bits per heavy atom. The number of halogens is 2. The summed E-state index contributed by atoms with van der Waals surface area (Å²) in [4.78, 5) is 12.2. The third kappa shape index (κ3) is 4.04. The molecule has 0 spiro atoms. The van der Waals surface area contributed by atoms with Gasteiger partial charge in [-0.25, -0.2) is 0 Å². The molecule has 1 aliphatic carbocycles. The molecule has 0 heterocycles. The van der Waals surface area contributed by atoms with E-state index in [-0.39, 0.29) is 5.91 Å². The minimum absolute atomic E-state index is 0.00674. The van der Waals surface area contributed by atoms with Crippen LogP contribution in [0.2, 0.25) is 0 Å². The van der Waals surface area contributed by atoms with Crippen molar-refractivity contribution in [1.29, 1.82) is 0 Å². The summed E-state index contributed by atoms with van der Waals surface area (Å²) in [6.07, 6.45) is 4.35. The second-order valence-corrected chi connectivity index (χ2v) is 6.70. The Bertz CT molecular complexity index is 457. The number of benzene rings is 1. The van der Waals surface area contributed by atoms with Crippen LogP contribution in [-0.2, 0) is 0 Å². The molecule has 1 saturated carbocycles. The monoisotopic (exact) mass is 388 g/mol. The van der Waals surface area contributed by atoms with Crippen molar-refractivity contribution >= 4 is 37.8 Å². The van der Waals surface area contributed by atoms with E-state index in [4.69, 9.17) is 0 Å². The van der Waals surface area contributed by atoms with E-state index >= 15 is 0 Å². The lowest BCUT2D eigenvalue weighted by molar-refractivity contribution is 0.0924. The van der Waals surface area contributed by atoms with Gasteiger partial charge in [-0.05, 0) is 66.9 Å². The Morgan fingerprint density at radius 3 is 2.37 bits per heavy atom. The Hall–Kier alpha value is -0.390. The van der Waals surface area contributed by atoms with E-state index < -0.39 is 0 Å². The molecule has 19 heavy (non-hydrogen) atoms. The molecule has 2 N–H and O–H groups in total. The summed E-state index contributed by atoms with van der Waals surface area (Å²) in [6, 6.07) is 6.52. The minimum atomic E-state index is 0.00674. The van der Waals surface area contributed by atoms with Gasteiger partial charge in [0.1, 0.15) is 0 Å². The maximum Gasteiger partial charge on any atom is 0.252 e. The fourth-order valence-electron chi connectivity index (χ4n) is 2.46. The van der Waals surface area contributed by atoms with E-state index in [1.807, 2.05) is 25.2 Å². The van der Waals surface area contributed by atoms with E-state index in [1.54, 1.807) is 0 Å². The molecule has 0 unspecified atom stereocenters. The van der Waals surface area contributed by atoms with E-state index in [2.05, 4.69) is 42.5 Å². The quantitative estimate of drug-likeness (QED) is 0.830. The first kappa shape index (κ1) is 15.0. The zero-order chi connectivity index (χ0) is 13.8. The first-order valence-electron chi connectivity index (χ1n) is 6.53. The van der Waals surface area contributed by atoms with Crippen molar-refractivity contribution in [1.82, 2.24) is 10.6 Å². The van der Waals surface area contributed by atoms with Gasteiger partial charge in [0.25, 0.3) is 5.91 Å². The number of amides is 1. The van der Waals surface area contributed by atoms with Crippen molar-refractivity contribution < 1.29 is 4.79 Å². The lowest BCUT2D eigenvalue weighted by Crippen LogP contribution is -2.41. The van der Waals surface area contributed by atoms with Gasteiger partial charge in [0.05, 0.1) is 5.56 Å². The van der Waals surface area contributed by atoms with Gasteiger partial charge < -0.3 is 10.6 Å². The topological polar surface area (TPSA) is 41.1 Å². The molecule has 3 nitrogen and oxygen atoms in total. The molecule has 0 aromatic heterocycles. The van der Waals surface area contributed by atoms with Crippen LogP contribution in [-0.4, -0.2) is 25.0 Å². The maximum absolute atomic E-state index is 12.2. The molecule has 5 heteroatoms. The van der Waals surface area contributed by atoms with Crippen molar-refractivity contribution in [2.75, 3.05) is 7.05 Å². The van der Waals surface area contributed by atoms with E-state index in [0.29, 0.717) is 17.6 Å². The van der Waals surface area contributed by atoms with Crippen molar-refractivity contribution in [3.05, 3.63) is 32.7 Å². The lowest BCUT2D eigenvalue weighted by Gasteiger charge is -2.28. The zero-order valence-electron chi connectivity index (χ0n) is 10.9.